The van der Waals surface area contributed by atoms with Crippen LogP contribution in [-0.4, -0.2) is 9.55 Å². The molecule has 0 saturated carbocycles. The number of hydrogen-bond donors (Lipinski definition) is 1. The molecule has 2 aromatic heterocycles. The number of H-pyrrole nitrogens is 1. The summed E-state index contributed by atoms with van der Waals surface area (Å²) in [5, 5.41) is 5.07. The van der Waals surface area contributed by atoms with Gasteiger partial charge in [-0.25, -0.2) is 0 Å². The second kappa shape index (κ2) is 17.7. The monoisotopic (exact) mass is 1070 g/mol. The van der Waals surface area contributed by atoms with Crippen molar-refractivity contribution in [1.29, 1.82) is 0 Å². The van der Waals surface area contributed by atoms with Crippen molar-refractivity contribution in [3.63, 3.8) is 0 Å². The lowest BCUT2D eigenvalue weighted by atomic mass is 9.66. The molecule has 2 aliphatic heterocycles. The number of hydrogen-bond acceptors (Lipinski definition) is 2. The van der Waals surface area contributed by atoms with Crippen molar-refractivity contribution in [1.82, 2.24) is 9.55 Å². The molecule has 372 valence electrons. The zero-order valence-corrected chi connectivity index (χ0v) is 44.3. The first-order valence-electron chi connectivity index (χ1n) is 26.9. The average Bonchev–Trinajstić information content (AvgIpc) is 2.60. The van der Waals surface area contributed by atoms with E-state index < -0.39 is 10.8 Å². The van der Waals surface area contributed by atoms with Crippen LogP contribution < -0.4 is 9.47 Å². The Morgan fingerprint density at radius 3 is 1.28 bits per heavy atom. The maximum absolute atomic E-state index is 6.52. The molecule has 1 N–H and O–H groups in total. The third-order valence-electron chi connectivity index (χ3n) is 16.9. The van der Waals surface area contributed by atoms with Crippen molar-refractivity contribution in [3.8, 4) is 50.9 Å². The zero-order chi connectivity index (χ0) is 52.2. The van der Waals surface area contributed by atoms with Crippen LogP contribution in [0.4, 0.5) is 0 Å². The van der Waals surface area contributed by atoms with Gasteiger partial charge in [0.1, 0.15) is 23.0 Å². The van der Waals surface area contributed by atoms with Crippen LogP contribution in [0, 0.1) is 0 Å². The fourth-order valence-corrected chi connectivity index (χ4v) is 14.2. The Morgan fingerprint density at radius 1 is 0.316 bits per heavy atom. The molecule has 0 amide bonds. The van der Waals surface area contributed by atoms with E-state index in [1.54, 1.807) is 0 Å². The summed E-state index contributed by atoms with van der Waals surface area (Å²) < 4.78 is 16.5. The number of nitrogens with zero attached hydrogens (tertiary/aromatic N) is 1. The predicted molar refractivity (Wildman–Crippen MR) is 325 cm³/mol. The first-order chi connectivity index (χ1) is 39.1. The summed E-state index contributed by atoms with van der Waals surface area (Å²) in [6.07, 6.45) is 0. The van der Waals surface area contributed by atoms with Gasteiger partial charge in [0.25, 0.3) is 0 Å². The Labute approximate surface area is 465 Å². The molecule has 5 heteroatoms. The van der Waals surface area contributed by atoms with Gasteiger partial charge >= 0.3 is 0 Å². The van der Waals surface area contributed by atoms with E-state index >= 15 is 0 Å². The Balaban J connectivity index is 0.000000118. The summed E-state index contributed by atoms with van der Waals surface area (Å²) in [4.78, 5) is 3.76. The summed E-state index contributed by atoms with van der Waals surface area (Å²) >= 11 is 3.31. The van der Waals surface area contributed by atoms with Crippen LogP contribution >= 0.6 is 15.9 Å². The molecule has 4 nitrogen and oxygen atoms in total. The molecule has 0 fully saturated rings. The van der Waals surface area contributed by atoms with Gasteiger partial charge in [-0.15, -0.1) is 0 Å². The van der Waals surface area contributed by atoms with E-state index in [0.717, 1.165) is 27.5 Å². The first kappa shape index (κ1) is 45.5. The highest BCUT2D eigenvalue weighted by molar-refractivity contribution is 9.10. The van der Waals surface area contributed by atoms with Gasteiger partial charge in [-0.1, -0.05) is 234 Å². The van der Waals surface area contributed by atoms with Gasteiger partial charge in [-0.05, 0) is 94.0 Å². The minimum atomic E-state index is -0.469. The number of aromatic amines is 1. The predicted octanol–water partition coefficient (Wildman–Crippen LogP) is 19.5. The number of halogens is 1. The largest absolute Gasteiger partial charge is 0.457 e. The van der Waals surface area contributed by atoms with Crippen molar-refractivity contribution >= 4 is 59.5 Å². The van der Waals surface area contributed by atoms with Gasteiger partial charge in [-0.2, -0.15) is 0 Å². The number of aromatic nitrogens is 2. The van der Waals surface area contributed by atoms with Crippen LogP contribution in [0.3, 0.4) is 0 Å². The third-order valence-corrected chi connectivity index (χ3v) is 17.4. The van der Waals surface area contributed by atoms with Gasteiger partial charge in [0.15, 0.2) is 0 Å². The van der Waals surface area contributed by atoms with Gasteiger partial charge < -0.3 is 19.0 Å². The van der Waals surface area contributed by atoms with Gasteiger partial charge in [0.05, 0.1) is 27.4 Å². The minimum absolute atomic E-state index is 0.414. The number of ether oxygens (including phenoxy) is 2. The van der Waals surface area contributed by atoms with Crippen LogP contribution in [0.1, 0.15) is 44.5 Å². The average molecular weight is 1080 g/mol. The van der Waals surface area contributed by atoms with Crippen molar-refractivity contribution in [2.24, 2.45) is 0 Å². The molecule has 0 unspecified atom stereocenters. The van der Waals surface area contributed by atoms with Crippen molar-refractivity contribution in [2.75, 3.05) is 0 Å². The second-order valence-corrected chi connectivity index (χ2v) is 21.6. The molecule has 12 aromatic carbocycles. The Kier molecular flexibility index (Phi) is 10.2. The van der Waals surface area contributed by atoms with Crippen molar-refractivity contribution < 1.29 is 9.47 Å². The highest BCUT2D eigenvalue weighted by atomic mass is 79.9. The van der Waals surface area contributed by atoms with E-state index in [1.807, 2.05) is 30.3 Å². The maximum Gasteiger partial charge on any atom is 0.132 e. The van der Waals surface area contributed by atoms with Crippen LogP contribution in [-0.2, 0) is 10.8 Å². The smallest absolute Gasteiger partial charge is 0.132 e. The summed E-state index contributed by atoms with van der Waals surface area (Å²) in [6.45, 7) is 0. The second-order valence-electron chi connectivity index (χ2n) is 20.7. The van der Waals surface area contributed by atoms with E-state index in [4.69, 9.17) is 9.47 Å². The van der Waals surface area contributed by atoms with Crippen molar-refractivity contribution in [3.05, 3.63) is 328 Å². The quantitative estimate of drug-likeness (QED) is 0.178. The molecular formula is C74H47BrN2O2. The lowest BCUT2D eigenvalue weighted by Gasteiger charge is -2.39. The van der Waals surface area contributed by atoms with E-state index in [1.165, 1.54) is 116 Å². The van der Waals surface area contributed by atoms with Gasteiger partial charge in [0, 0.05) is 70.6 Å². The number of nitrogens with one attached hydrogen (secondary N) is 1. The summed E-state index contributed by atoms with van der Waals surface area (Å²) in [5.74, 6) is 3.69. The molecule has 0 bridgehead atoms. The standard InChI is InChI=1S/C37H23NO.C31H19NO.C6H5Br/c1-2-12-24(13-3-1)38-32-19-9-5-14-25(32)26-22-23-31-35(36(26)38)27-15-4-6-16-28(27)37(31)29-17-7-10-20-33(29)39-34-21-11-8-18-30(34)37;1-3-11-22-21(10-1)29-25(18-17-20-19-9-2-6-14-26(19)32-30(20)29)31(22)23-12-4-7-15-27(23)33-28-16-8-5-13-24(28)31;7-6-4-2-1-3-5-6/h1-23H;1-18,32H;1-5H. The summed E-state index contributed by atoms with van der Waals surface area (Å²) in [5.41, 5.74) is 20.3. The topological polar surface area (TPSA) is 39.2 Å². The molecule has 0 radical (unpaired) electrons. The molecule has 79 heavy (non-hydrogen) atoms. The van der Waals surface area contributed by atoms with Gasteiger partial charge in [0.2, 0.25) is 0 Å². The fourth-order valence-electron chi connectivity index (χ4n) is 13.9. The lowest BCUT2D eigenvalue weighted by Crippen LogP contribution is -2.32. The van der Waals surface area contributed by atoms with Crippen molar-refractivity contribution in [2.45, 2.75) is 10.8 Å². The summed E-state index contributed by atoms with van der Waals surface area (Å²) in [7, 11) is 0. The molecule has 0 saturated heterocycles. The molecule has 0 atom stereocenters. The van der Waals surface area contributed by atoms with E-state index in [0.29, 0.717) is 0 Å². The number of fused-ring (bicyclic) bond motifs is 26. The lowest BCUT2D eigenvalue weighted by molar-refractivity contribution is 0.436. The van der Waals surface area contributed by atoms with E-state index in [9.17, 15) is 0 Å². The van der Waals surface area contributed by atoms with Crippen LogP contribution in [0.25, 0.3) is 71.6 Å². The molecular weight excluding hydrogens is 1030 g/mol. The number of rotatable bonds is 1. The van der Waals surface area contributed by atoms with Gasteiger partial charge in [-0.3, -0.25) is 0 Å². The Hall–Kier alpha value is -9.68. The Morgan fingerprint density at radius 2 is 0.734 bits per heavy atom. The highest BCUT2D eigenvalue weighted by Gasteiger charge is 2.53. The van der Waals surface area contributed by atoms with E-state index in [-0.39, 0.29) is 0 Å². The minimum Gasteiger partial charge on any atom is -0.457 e. The first-order valence-corrected chi connectivity index (χ1v) is 27.7. The molecule has 2 aliphatic carbocycles. The zero-order valence-electron chi connectivity index (χ0n) is 42.7. The van der Waals surface area contributed by atoms with Crippen LogP contribution in [0.5, 0.6) is 23.0 Å². The maximum atomic E-state index is 6.52. The molecule has 4 aliphatic rings. The number of benzene rings is 12. The SMILES string of the molecule is Brc1ccccc1.c1ccc(-n2c3ccccc3c3ccc4c(c32)-c2ccccc2C42c3ccccc3Oc3ccccc32)cc1.c1ccc2c(c1)Oc1ccccc1C21c2ccccc2-c2c1ccc1c2[nH]c2ccccc21. The molecule has 4 heterocycles. The fraction of sp³-hybridized carbons (Fsp3) is 0.0270. The number of para-hydroxylation sites is 7. The Bertz CT molecular complexity index is 4670. The van der Waals surface area contributed by atoms with E-state index in [2.05, 4.69) is 274 Å². The highest BCUT2D eigenvalue weighted by Crippen LogP contribution is 2.65. The third kappa shape index (κ3) is 6.42. The van der Waals surface area contributed by atoms with Crippen LogP contribution in [0.2, 0.25) is 0 Å². The van der Waals surface area contributed by atoms with Crippen LogP contribution in [0.15, 0.2) is 284 Å². The molecule has 18 rings (SSSR count). The molecule has 14 aromatic rings. The summed E-state index contributed by atoms with van der Waals surface area (Å²) in [6, 6.07) is 99.4. The normalized spacial score (nSPS) is 13.8. The molecule has 2 spiro atoms.